The molecule has 3 aromatic rings. The van der Waals surface area contributed by atoms with Gasteiger partial charge >= 0.3 is 6.03 Å². The summed E-state index contributed by atoms with van der Waals surface area (Å²) in [6.45, 7) is 2.84. The smallest absolute Gasteiger partial charge is 0.323 e. The Hall–Kier alpha value is -4.44. The SMILES string of the molecule is O=C(Nc1ccc([N+](=O)[O-])cc1)Nc1ccc(N2CCC(Cc3ccccc3)CC2)c(C(=O)NCC2CCCO2)c1. The molecule has 0 saturated carbocycles. The number of hydrogen-bond acceptors (Lipinski definition) is 6. The van der Waals surface area contributed by atoms with Crippen LogP contribution in [0.3, 0.4) is 0 Å². The number of nitrogens with zero attached hydrogens (tertiary/aromatic N) is 2. The molecule has 214 valence electrons. The maximum absolute atomic E-state index is 13.4. The zero-order valence-corrected chi connectivity index (χ0v) is 22.9. The molecule has 2 saturated heterocycles. The van der Waals surface area contributed by atoms with Gasteiger partial charge in [-0.05, 0) is 73.9 Å². The van der Waals surface area contributed by atoms with Crippen molar-refractivity contribution in [3.05, 3.63) is 94.0 Å². The highest BCUT2D eigenvalue weighted by molar-refractivity contribution is 6.04. The van der Waals surface area contributed by atoms with Gasteiger partial charge in [0, 0.05) is 55.4 Å². The minimum absolute atomic E-state index is 0.0184. The number of ether oxygens (including phenoxy) is 1. The Morgan fingerprint density at radius 2 is 1.63 bits per heavy atom. The first-order valence-corrected chi connectivity index (χ1v) is 14.1. The van der Waals surface area contributed by atoms with Crippen molar-refractivity contribution in [3.63, 3.8) is 0 Å². The summed E-state index contributed by atoms with van der Waals surface area (Å²) < 4.78 is 5.67. The number of hydrogen-bond donors (Lipinski definition) is 3. The Morgan fingerprint density at radius 1 is 0.927 bits per heavy atom. The first-order chi connectivity index (χ1) is 19.9. The summed E-state index contributed by atoms with van der Waals surface area (Å²) >= 11 is 0. The minimum atomic E-state index is -0.515. The molecule has 0 spiro atoms. The van der Waals surface area contributed by atoms with Crippen LogP contribution in [0.4, 0.5) is 27.5 Å². The van der Waals surface area contributed by atoms with Crippen molar-refractivity contribution in [1.29, 1.82) is 0 Å². The van der Waals surface area contributed by atoms with Crippen LogP contribution in [0.2, 0.25) is 0 Å². The molecular formula is C31H35N5O5. The Balaban J connectivity index is 1.27. The van der Waals surface area contributed by atoms with E-state index in [0.717, 1.165) is 50.9 Å². The fourth-order valence-electron chi connectivity index (χ4n) is 5.46. The Labute approximate surface area is 239 Å². The quantitative estimate of drug-likeness (QED) is 0.232. The molecule has 0 aromatic heterocycles. The summed E-state index contributed by atoms with van der Waals surface area (Å²) in [4.78, 5) is 38.7. The number of benzene rings is 3. The summed E-state index contributed by atoms with van der Waals surface area (Å²) in [7, 11) is 0. The highest BCUT2D eigenvalue weighted by atomic mass is 16.6. The van der Waals surface area contributed by atoms with Gasteiger partial charge in [-0.2, -0.15) is 0 Å². The molecule has 10 heteroatoms. The van der Waals surface area contributed by atoms with Crippen molar-refractivity contribution in [3.8, 4) is 0 Å². The number of urea groups is 1. The van der Waals surface area contributed by atoms with Crippen LogP contribution in [-0.2, 0) is 11.2 Å². The van der Waals surface area contributed by atoms with E-state index < -0.39 is 11.0 Å². The third kappa shape index (κ3) is 7.61. The van der Waals surface area contributed by atoms with Gasteiger partial charge in [-0.25, -0.2) is 4.79 Å². The molecule has 3 N–H and O–H groups in total. The van der Waals surface area contributed by atoms with Crippen molar-refractivity contribution >= 4 is 34.7 Å². The summed E-state index contributed by atoms with van der Waals surface area (Å²) in [6, 6.07) is 21.0. The van der Waals surface area contributed by atoms with Crippen LogP contribution in [0.15, 0.2) is 72.8 Å². The van der Waals surface area contributed by atoms with Crippen LogP contribution in [0, 0.1) is 16.0 Å². The van der Waals surface area contributed by atoms with Gasteiger partial charge in [-0.15, -0.1) is 0 Å². The Morgan fingerprint density at radius 3 is 2.32 bits per heavy atom. The van der Waals surface area contributed by atoms with Crippen LogP contribution >= 0.6 is 0 Å². The first kappa shape index (κ1) is 28.1. The molecule has 3 amide bonds. The van der Waals surface area contributed by atoms with E-state index in [2.05, 4.69) is 45.1 Å². The van der Waals surface area contributed by atoms with Crippen molar-refractivity contribution in [2.24, 2.45) is 5.92 Å². The molecule has 0 bridgehead atoms. The average molecular weight is 558 g/mol. The third-order valence-electron chi connectivity index (χ3n) is 7.67. The number of anilines is 3. The van der Waals surface area contributed by atoms with Gasteiger partial charge in [0.25, 0.3) is 11.6 Å². The van der Waals surface area contributed by atoms with E-state index in [1.165, 1.54) is 29.8 Å². The maximum atomic E-state index is 13.4. The standard InChI is InChI=1S/C31H35N5O5/c37-30(32-21-27-7-4-18-41-27)28-20-25(34-31(38)33-24-8-11-26(12-9-24)36(39)40)10-13-29(28)35-16-14-23(15-17-35)19-22-5-2-1-3-6-22/h1-3,5-6,8-13,20,23,27H,4,7,14-19,21H2,(H,32,37)(H2,33,34,38). The highest BCUT2D eigenvalue weighted by Gasteiger charge is 2.25. The average Bonchev–Trinajstić information content (AvgIpc) is 3.51. The summed E-state index contributed by atoms with van der Waals surface area (Å²) in [5.41, 5.74) is 3.51. The monoisotopic (exact) mass is 557 g/mol. The van der Waals surface area contributed by atoms with E-state index in [1.807, 2.05) is 12.1 Å². The number of nitro benzene ring substituents is 1. The predicted molar refractivity (Wildman–Crippen MR) is 159 cm³/mol. The summed E-state index contributed by atoms with van der Waals surface area (Å²) in [5, 5.41) is 19.3. The van der Waals surface area contributed by atoms with Gasteiger partial charge in [0.05, 0.1) is 16.6 Å². The zero-order chi connectivity index (χ0) is 28.6. The number of piperidine rings is 1. The van der Waals surface area contributed by atoms with Gasteiger partial charge in [0.1, 0.15) is 0 Å². The van der Waals surface area contributed by atoms with Gasteiger partial charge in [0.15, 0.2) is 0 Å². The van der Waals surface area contributed by atoms with Crippen LogP contribution < -0.4 is 20.9 Å². The molecule has 5 rings (SSSR count). The predicted octanol–water partition coefficient (Wildman–Crippen LogP) is 5.61. The van der Waals surface area contributed by atoms with Crippen LogP contribution in [0.25, 0.3) is 0 Å². The number of carbonyl (C=O) groups is 2. The van der Waals surface area contributed by atoms with Gasteiger partial charge in [0.2, 0.25) is 0 Å². The van der Waals surface area contributed by atoms with Crippen molar-refractivity contribution in [2.45, 2.75) is 38.2 Å². The van der Waals surface area contributed by atoms with E-state index >= 15 is 0 Å². The van der Waals surface area contributed by atoms with Crippen molar-refractivity contribution in [2.75, 3.05) is 41.8 Å². The fourth-order valence-corrected chi connectivity index (χ4v) is 5.46. The topological polar surface area (TPSA) is 126 Å². The number of carbonyl (C=O) groups excluding carboxylic acids is 2. The molecule has 3 aromatic carbocycles. The van der Waals surface area contributed by atoms with Crippen LogP contribution in [0.5, 0.6) is 0 Å². The van der Waals surface area contributed by atoms with E-state index in [0.29, 0.717) is 36.0 Å². The Kier molecular flexibility index (Phi) is 9.10. The second kappa shape index (κ2) is 13.3. The fraction of sp³-hybridized carbons (Fsp3) is 0.355. The lowest BCUT2D eigenvalue weighted by molar-refractivity contribution is -0.384. The zero-order valence-electron chi connectivity index (χ0n) is 22.9. The number of rotatable bonds is 9. The lowest BCUT2D eigenvalue weighted by Gasteiger charge is -2.35. The second-order valence-corrected chi connectivity index (χ2v) is 10.6. The first-order valence-electron chi connectivity index (χ1n) is 14.1. The Bertz CT molecular complexity index is 1350. The number of non-ortho nitro benzene ring substituents is 1. The molecule has 1 unspecified atom stereocenters. The highest BCUT2D eigenvalue weighted by Crippen LogP contribution is 2.30. The molecular weight excluding hydrogens is 522 g/mol. The molecule has 2 heterocycles. The normalized spacial score (nSPS) is 17.2. The number of nitrogens with one attached hydrogen (secondary N) is 3. The molecule has 0 aliphatic carbocycles. The third-order valence-corrected chi connectivity index (χ3v) is 7.67. The second-order valence-electron chi connectivity index (χ2n) is 10.6. The number of nitro groups is 1. The maximum Gasteiger partial charge on any atom is 0.323 e. The lowest BCUT2D eigenvalue weighted by atomic mass is 9.89. The minimum Gasteiger partial charge on any atom is -0.376 e. The van der Waals surface area contributed by atoms with Gasteiger partial charge in [-0.1, -0.05) is 30.3 Å². The van der Waals surface area contributed by atoms with Crippen molar-refractivity contribution in [1.82, 2.24) is 5.32 Å². The van der Waals surface area contributed by atoms with E-state index in [1.54, 1.807) is 12.1 Å². The van der Waals surface area contributed by atoms with E-state index in [4.69, 9.17) is 4.74 Å². The van der Waals surface area contributed by atoms with Gasteiger partial charge < -0.3 is 25.6 Å². The van der Waals surface area contributed by atoms with E-state index in [9.17, 15) is 19.7 Å². The molecule has 2 fully saturated rings. The molecule has 2 aliphatic rings. The number of amides is 3. The van der Waals surface area contributed by atoms with Crippen LogP contribution in [-0.4, -0.2) is 49.2 Å². The van der Waals surface area contributed by atoms with E-state index in [-0.39, 0.29) is 17.7 Å². The molecule has 0 radical (unpaired) electrons. The lowest BCUT2D eigenvalue weighted by Crippen LogP contribution is -2.37. The molecule has 41 heavy (non-hydrogen) atoms. The molecule has 2 aliphatic heterocycles. The van der Waals surface area contributed by atoms with Gasteiger partial charge in [-0.3, -0.25) is 14.9 Å². The molecule has 10 nitrogen and oxygen atoms in total. The summed E-state index contributed by atoms with van der Waals surface area (Å²) in [6.07, 6.45) is 5.05. The largest absolute Gasteiger partial charge is 0.376 e. The molecule has 1 atom stereocenters. The van der Waals surface area contributed by atoms with Crippen LogP contribution in [0.1, 0.15) is 41.6 Å². The summed E-state index contributed by atoms with van der Waals surface area (Å²) in [5.74, 6) is 0.385. The van der Waals surface area contributed by atoms with Crippen molar-refractivity contribution < 1.29 is 19.2 Å².